The van der Waals surface area contributed by atoms with Crippen LogP contribution < -0.4 is 15.0 Å². The summed E-state index contributed by atoms with van der Waals surface area (Å²) >= 11 is 45.2. The summed E-state index contributed by atoms with van der Waals surface area (Å²) in [6.45, 7) is 0. The summed E-state index contributed by atoms with van der Waals surface area (Å²) in [5.41, 5.74) is 0.602. The van der Waals surface area contributed by atoms with Gasteiger partial charge in [-0.1, -0.05) is 64.1 Å². The molecule has 188 valence electrons. The number of benzene rings is 2. The first kappa shape index (κ1) is 26.2. The van der Waals surface area contributed by atoms with Gasteiger partial charge < -0.3 is 10.1 Å². The fraction of sp³-hybridized carbons (Fsp3) is 0.261. The number of amides is 3. The number of alkyl halides is 4. The zero-order valence-corrected chi connectivity index (χ0v) is 23.2. The third-order valence-corrected chi connectivity index (χ3v) is 11.2. The maximum absolute atomic E-state index is 13.6. The lowest BCUT2D eigenvalue weighted by atomic mass is 9.84. The molecule has 2 aromatic carbocycles. The molecule has 2 fully saturated rings. The molecule has 3 amide bonds. The number of hydrogen-bond acceptors (Lipinski definition) is 4. The molecule has 3 aliphatic rings. The van der Waals surface area contributed by atoms with Gasteiger partial charge in [0, 0.05) is 10.6 Å². The number of methoxy groups -OCH3 is 1. The van der Waals surface area contributed by atoms with Crippen LogP contribution in [0.5, 0.6) is 5.75 Å². The Morgan fingerprint density at radius 2 is 1.50 bits per heavy atom. The van der Waals surface area contributed by atoms with Crippen LogP contribution in [-0.4, -0.2) is 38.9 Å². The molecule has 1 saturated carbocycles. The van der Waals surface area contributed by atoms with Crippen molar-refractivity contribution in [1.29, 1.82) is 0 Å². The Hall–Kier alpha value is -1.38. The summed E-state index contributed by atoms with van der Waals surface area (Å²) in [6, 6.07) is 10.6. The number of carbonyl (C=O) groups is 3. The third kappa shape index (κ3) is 3.16. The van der Waals surface area contributed by atoms with Crippen LogP contribution in [0.3, 0.4) is 0 Å². The number of ether oxygens (including phenoxy) is 1. The molecule has 1 aliphatic heterocycles. The first-order valence-electron chi connectivity index (χ1n) is 10.3. The monoisotopic (exact) mass is 626 g/mol. The summed E-state index contributed by atoms with van der Waals surface area (Å²) in [5.74, 6) is -4.13. The second-order valence-electron chi connectivity index (χ2n) is 8.44. The minimum atomic E-state index is -2.03. The number of anilines is 2. The molecule has 2 bridgehead atoms. The minimum Gasteiger partial charge on any atom is -0.495 e. The minimum absolute atomic E-state index is 0.118. The summed E-state index contributed by atoms with van der Waals surface area (Å²) in [7, 11) is 1.45. The average molecular weight is 630 g/mol. The van der Waals surface area contributed by atoms with Crippen LogP contribution in [-0.2, 0) is 9.59 Å². The average Bonchev–Trinajstić information content (AvgIpc) is 3.22. The van der Waals surface area contributed by atoms with Crippen LogP contribution in [0.25, 0.3) is 0 Å². The van der Waals surface area contributed by atoms with E-state index in [1.807, 2.05) is 0 Å². The number of nitrogens with one attached hydrogen (secondary N) is 1. The van der Waals surface area contributed by atoms with Gasteiger partial charge in [0.05, 0.1) is 40.4 Å². The van der Waals surface area contributed by atoms with Crippen molar-refractivity contribution in [2.75, 3.05) is 17.3 Å². The van der Waals surface area contributed by atoms with E-state index in [1.165, 1.54) is 37.4 Å². The second-order valence-corrected chi connectivity index (χ2v) is 12.2. The predicted molar refractivity (Wildman–Crippen MR) is 142 cm³/mol. The van der Waals surface area contributed by atoms with Crippen molar-refractivity contribution >= 4 is 110 Å². The molecule has 6 nitrogen and oxygen atoms in total. The van der Waals surface area contributed by atoms with Gasteiger partial charge in [-0.3, -0.25) is 14.4 Å². The fourth-order valence-electron chi connectivity index (χ4n) is 5.01. The number of halogens is 7. The molecule has 1 N–H and O–H groups in total. The lowest BCUT2D eigenvalue weighted by molar-refractivity contribution is -0.123. The summed E-state index contributed by atoms with van der Waals surface area (Å²) in [5, 5.41) is 2.73. The quantitative estimate of drug-likeness (QED) is 0.308. The van der Waals surface area contributed by atoms with E-state index in [0.29, 0.717) is 16.5 Å². The number of allylic oxidation sites excluding steroid dienone is 2. The largest absolute Gasteiger partial charge is 0.495 e. The first-order chi connectivity index (χ1) is 16.8. The Morgan fingerprint density at radius 3 is 2.06 bits per heavy atom. The second kappa shape index (κ2) is 8.57. The van der Waals surface area contributed by atoms with Crippen molar-refractivity contribution in [2.45, 2.75) is 14.1 Å². The number of imide groups is 1. The summed E-state index contributed by atoms with van der Waals surface area (Å²) < 4.78 is 3.22. The van der Waals surface area contributed by atoms with E-state index in [1.54, 1.807) is 12.1 Å². The molecule has 4 atom stereocenters. The van der Waals surface area contributed by atoms with Crippen LogP contribution in [0, 0.1) is 11.8 Å². The SMILES string of the molecule is COc1ccc(Cl)cc1NC(=O)c1cccc(N2C(=O)[C@H]3[C@H](C2=O)[C@@]2(Cl)C(Cl)=C(Cl)[C@@]3(Cl)C2(Cl)Cl)c1. The van der Waals surface area contributed by atoms with Gasteiger partial charge in [-0.2, -0.15) is 0 Å². The van der Waals surface area contributed by atoms with Crippen molar-refractivity contribution in [3.05, 3.63) is 63.1 Å². The standard InChI is InChI=1S/C23H13Cl7N2O4/c1-36-13-6-5-10(24)8-12(13)31-18(33)9-3-2-4-11(7-9)32-19(34)14-15(20(32)35)22(28)17(26)16(25)21(14,27)23(22,29)30/h2-8,14-15H,1H3,(H,31,33)/t14-,15-,21-,22-/m1/s1. The molecular formula is C23H13Cl7N2O4. The van der Waals surface area contributed by atoms with Gasteiger partial charge in [0.2, 0.25) is 11.8 Å². The molecule has 2 aromatic rings. The molecule has 0 aromatic heterocycles. The maximum Gasteiger partial charge on any atom is 0.255 e. The highest BCUT2D eigenvalue weighted by molar-refractivity contribution is 6.67. The highest BCUT2D eigenvalue weighted by Crippen LogP contribution is 2.77. The maximum atomic E-state index is 13.6. The number of fused-ring (bicyclic) bond motifs is 5. The van der Waals surface area contributed by atoms with E-state index in [2.05, 4.69) is 5.32 Å². The van der Waals surface area contributed by atoms with Crippen LogP contribution in [0.1, 0.15) is 10.4 Å². The fourth-order valence-corrected chi connectivity index (χ4v) is 8.11. The van der Waals surface area contributed by atoms with Gasteiger partial charge in [0.15, 0.2) is 4.33 Å². The van der Waals surface area contributed by atoms with Gasteiger partial charge in [-0.05, 0) is 36.4 Å². The Kier molecular flexibility index (Phi) is 6.24. The van der Waals surface area contributed by atoms with Crippen LogP contribution in [0.2, 0.25) is 5.02 Å². The van der Waals surface area contributed by atoms with Gasteiger partial charge >= 0.3 is 0 Å². The van der Waals surface area contributed by atoms with E-state index in [4.69, 9.17) is 85.9 Å². The van der Waals surface area contributed by atoms with Crippen molar-refractivity contribution in [2.24, 2.45) is 11.8 Å². The molecule has 1 saturated heterocycles. The molecule has 0 spiro atoms. The highest BCUT2D eigenvalue weighted by atomic mass is 35.5. The molecule has 2 aliphatic carbocycles. The number of hydrogen-bond donors (Lipinski definition) is 1. The van der Waals surface area contributed by atoms with Crippen molar-refractivity contribution in [3.8, 4) is 5.75 Å². The van der Waals surface area contributed by atoms with E-state index >= 15 is 0 Å². The summed E-state index contributed by atoms with van der Waals surface area (Å²) in [6.07, 6.45) is 0. The van der Waals surface area contributed by atoms with E-state index in [9.17, 15) is 14.4 Å². The highest BCUT2D eigenvalue weighted by Gasteiger charge is 2.87. The zero-order valence-electron chi connectivity index (χ0n) is 17.9. The normalized spacial score (nSPS) is 30.2. The Labute approximate surface area is 240 Å². The topological polar surface area (TPSA) is 75.7 Å². The Morgan fingerprint density at radius 1 is 0.917 bits per heavy atom. The Balaban J connectivity index is 1.50. The van der Waals surface area contributed by atoms with Crippen molar-refractivity contribution in [3.63, 3.8) is 0 Å². The van der Waals surface area contributed by atoms with E-state index < -0.39 is 43.6 Å². The van der Waals surface area contributed by atoms with E-state index in [-0.39, 0.29) is 21.3 Å². The van der Waals surface area contributed by atoms with E-state index in [0.717, 1.165) is 4.90 Å². The molecule has 0 radical (unpaired) electrons. The molecule has 36 heavy (non-hydrogen) atoms. The molecule has 0 unspecified atom stereocenters. The zero-order chi connectivity index (χ0) is 26.4. The van der Waals surface area contributed by atoms with Crippen LogP contribution in [0.4, 0.5) is 11.4 Å². The molecule has 1 heterocycles. The number of carbonyl (C=O) groups excluding carboxylic acids is 3. The van der Waals surface area contributed by atoms with Gasteiger partial charge in [-0.15, -0.1) is 23.2 Å². The molecule has 5 rings (SSSR count). The van der Waals surface area contributed by atoms with Gasteiger partial charge in [0.1, 0.15) is 15.5 Å². The summed E-state index contributed by atoms with van der Waals surface area (Å²) in [4.78, 5) is 37.2. The van der Waals surface area contributed by atoms with Crippen molar-refractivity contribution in [1.82, 2.24) is 0 Å². The van der Waals surface area contributed by atoms with Crippen LogP contribution in [0.15, 0.2) is 52.5 Å². The van der Waals surface area contributed by atoms with Crippen molar-refractivity contribution < 1.29 is 19.1 Å². The number of nitrogens with zero attached hydrogens (tertiary/aromatic N) is 1. The predicted octanol–water partition coefficient (Wildman–Crippen LogP) is 6.55. The molecular weight excluding hydrogens is 616 g/mol. The van der Waals surface area contributed by atoms with Gasteiger partial charge in [0.25, 0.3) is 5.91 Å². The molecule has 13 heteroatoms. The lowest BCUT2D eigenvalue weighted by Gasteiger charge is -2.34. The van der Waals surface area contributed by atoms with Crippen LogP contribution >= 0.6 is 81.2 Å². The Bertz CT molecular complexity index is 1350. The van der Waals surface area contributed by atoms with Gasteiger partial charge in [-0.25, -0.2) is 4.90 Å². The smallest absolute Gasteiger partial charge is 0.255 e. The lowest BCUT2D eigenvalue weighted by Crippen LogP contribution is -2.50. The number of rotatable bonds is 4. The third-order valence-electron chi connectivity index (χ3n) is 6.69. The first-order valence-corrected chi connectivity index (χ1v) is 12.9.